The lowest BCUT2D eigenvalue weighted by Crippen LogP contribution is -2.51. The minimum absolute atomic E-state index is 0.320. The molecule has 0 saturated heterocycles. The van der Waals surface area contributed by atoms with Crippen LogP contribution in [0.3, 0.4) is 0 Å². The Morgan fingerprint density at radius 3 is 2.81 bits per heavy atom. The summed E-state index contributed by atoms with van der Waals surface area (Å²) in [7, 11) is 0. The summed E-state index contributed by atoms with van der Waals surface area (Å²) in [6, 6.07) is 10.7. The zero-order valence-electron chi connectivity index (χ0n) is 11.6. The van der Waals surface area contributed by atoms with Crippen molar-refractivity contribution >= 4 is 16.8 Å². The van der Waals surface area contributed by atoms with Crippen LogP contribution in [0.25, 0.3) is 10.9 Å². The second kappa shape index (κ2) is 5.79. The van der Waals surface area contributed by atoms with Crippen molar-refractivity contribution in [2.75, 3.05) is 0 Å². The maximum absolute atomic E-state index is 12.2. The molecule has 1 aromatic carbocycles. The Labute approximate surface area is 122 Å². The lowest BCUT2D eigenvalue weighted by Gasteiger charge is -2.32. The SMILES string of the molecule is O=C(N[C@@H]1CCC[C@@H](O)[C@@H]1O)c1ccc2ccccc2n1. The van der Waals surface area contributed by atoms with Crippen LogP contribution in [-0.2, 0) is 0 Å². The van der Waals surface area contributed by atoms with E-state index in [9.17, 15) is 15.0 Å². The molecule has 3 atom stereocenters. The number of amides is 1. The lowest BCUT2D eigenvalue weighted by atomic mass is 9.90. The molecular formula is C16H18N2O3. The minimum Gasteiger partial charge on any atom is -0.390 e. The Kier molecular flexibility index (Phi) is 3.86. The fraction of sp³-hybridized carbons (Fsp3) is 0.375. The van der Waals surface area contributed by atoms with Crippen molar-refractivity contribution < 1.29 is 15.0 Å². The number of hydrogen-bond donors (Lipinski definition) is 3. The fourth-order valence-electron chi connectivity index (χ4n) is 2.75. The van der Waals surface area contributed by atoms with E-state index in [1.807, 2.05) is 30.3 Å². The third kappa shape index (κ3) is 2.89. The number of carbonyl (C=O) groups is 1. The molecule has 21 heavy (non-hydrogen) atoms. The van der Waals surface area contributed by atoms with Crippen molar-refractivity contribution in [1.82, 2.24) is 10.3 Å². The molecule has 2 aromatic rings. The van der Waals surface area contributed by atoms with Gasteiger partial charge in [-0.3, -0.25) is 4.79 Å². The van der Waals surface area contributed by atoms with E-state index in [2.05, 4.69) is 10.3 Å². The Bertz CT molecular complexity index is 659. The number of nitrogens with zero attached hydrogens (tertiary/aromatic N) is 1. The van der Waals surface area contributed by atoms with E-state index in [1.54, 1.807) is 6.07 Å². The molecule has 1 fully saturated rings. The number of para-hydroxylation sites is 1. The summed E-state index contributed by atoms with van der Waals surface area (Å²) in [6.45, 7) is 0. The van der Waals surface area contributed by atoms with E-state index in [0.717, 1.165) is 17.3 Å². The van der Waals surface area contributed by atoms with Crippen LogP contribution in [0.5, 0.6) is 0 Å². The van der Waals surface area contributed by atoms with Crippen LogP contribution < -0.4 is 5.32 Å². The molecule has 0 bridgehead atoms. The highest BCUT2D eigenvalue weighted by molar-refractivity contribution is 5.95. The topological polar surface area (TPSA) is 82.5 Å². The van der Waals surface area contributed by atoms with E-state index >= 15 is 0 Å². The summed E-state index contributed by atoms with van der Waals surface area (Å²) < 4.78 is 0. The third-order valence-corrected chi connectivity index (χ3v) is 3.97. The zero-order chi connectivity index (χ0) is 14.8. The minimum atomic E-state index is -0.914. The van der Waals surface area contributed by atoms with E-state index in [-0.39, 0.29) is 5.91 Å². The molecule has 3 N–H and O–H groups in total. The number of benzene rings is 1. The molecule has 1 aliphatic rings. The highest BCUT2D eigenvalue weighted by atomic mass is 16.3. The Morgan fingerprint density at radius 2 is 1.95 bits per heavy atom. The smallest absolute Gasteiger partial charge is 0.270 e. The van der Waals surface area contributed by atoms with Gasteiger partial charge in [0, 0.05) is 5.39 Å². The number of aliphatic hydroxyl groups is 2. The highest BCUT2D eigenvalue weighted by Gasteiger charge is 2.31. The summed E-state index contributed by atoms with van der Waals surface area (Å²) in [4.78, 5) is 16.6. The fourth-order valence-corrected chi connectivity index (χ4v) is 2.75. The second-order valence-corrected chi connectivity index (χ2v) is 5.46. The van der Waals surface area contributed by atoms with Gasteiger partial charge < -0.3 is 15.5 Å². The average molecular weight is 286 g/mol. The molecule has 3 rings (SSSR count). The first-order valence-electron chi connectivity index (χ1n) is 7.18. The summed E-state index contributed by atoms with van der Waals surface area (Å²) in [5.74, 6) is -0.320. The molecular weight excluding hydrogens is 268 g/mol. The summed E-state index contributed by atoms with van der Waals surface area (Å²) in [5, 5.41) is 23.3. The van der Waals surface area contributed by atoms with Gasteiger partial charge >= 0.3 is 0 Å². The Balaban J connectivity index is 1.77. The average Bonchev–Trinajstić information content (AvgIpc) is 2.51. The monoisotopic (exact) mass is 286 g/mol. The number of fused-ring (bicyclic) bond motifs is 1. The first kappa shape index (κ1) is 14.0. The Morgan fingerprint density at radius 1 is 1.14 bits per heavy atom. The largest absolute Gasteiger partial charge is 0.390 e. The van der Waals surface area contributed by atoms with Gasteiger partial charge in [0.2, 0.25) is 0 Å². The van der Waals surface area contributed by atoms with Crippen molar-refractivity contribution in [3.8, 4) is 0 Å². The van der Waals surface area contributed by atoms with Gasteiger partial charge in [-0.05, 0) is 31.4 Å². The molecule has 1 saturated carbocycles. The van der Waals surface area contributed by atoms with Crippen molar-refractivity contribution in [3.05, 3.63) is 42.1 Å². The van der Waals surface area contributed by atoms with Gasteiger partial charge in [0.25, 0.3) is 5.91 Å². The number of aromatic nitrogens is 1. The predicted molar refractivity (Wildman–Crippen MR) is 78.9 cm³/mol. The quantitative estimate of drug-likeness (QED) is 0.775. The number of hydrogen-bond acceptors (Lipinski definition) is 4. The second-order valence-electron chi connectivity index (χ2n) is 5.46. The zero-order valence-corrected chi connectivity index (χ0v) is 11.6. The number of carbonyl (C=O) groups excluding carboxylic acids is 1. The van der Waals surface area contributed by atoms with Gasteiger partial charge in [-0.25, -0.2) is 4.98 Å². The standard InChI is InChI=1S/C16H18N2O3/c19-14-7-3-6-12(15(14)20)18-16(21)13-9-8-10-4-1-2-5-11(10)17-13/h1-2,4-5,8-9,12,14-15,19-20H,3,6-7H2,(H,18,21)/t12-,14-,15-/m1/s1. The Hall–Kier alpha value is -1.98. The molecule has 0 radical (unpaired) electrons. The van der Waals surface area contributed by atoms with Crippen molar-refractivity contribution in [1.29, 1.82) is 0 Å². The first-order valence-corrected chi connectivity index (χ1v) is 7.18. The van der Waals surface area contributed by atoms with Gasteiger partial charge in [-0.15, -0.1) is 0 Å². The van der Waals surface area contributed by atoms with E-state index in [1.165, 1.54) is 0 Å². The lowest BCUT2D eigenvalue weighted by molar-refractivity contribution is -0.0278. The highest BCUT2D eigenvalue weighted by Crippen LogP contribution is 2.20. The molecule has 1 heterocycles. The molecule has 0 unspecified atom stereocenters. The van der Waals surface area contributed by atoms with E-state index in [4.69, 9.17) is 0 Å². The van der Waals surface area contributed by atoms with Gasteiger partial charge in [0.15, 0.2) is 0 Å². The maximum atomic E-state index is 12.2. The maximum Gasteiger partial charge on any atom is 0.270 e. The van der Waals surface area contributed by atoms with Crippen LogP contribution in [-0.4, -0.2) is 39.4 Å². The molecule has 110 valence electrons. The summed E-state index contributed by atoms with van der Waals surface area (Å²) in [6.07, 6.45) is 0.338. The summed E-state index contributed by atoms with van der Waals surface area (Å²) >= 11 is 0. The van der Waals surface area contributed by atoms with E-state index < -0.39 is 18.2 Å². The van der Waals surface area contributed by atoms with Crippen molar-refractivity contribution in [3.63, 3.8) is 0 Å². The molecule has 1 aliphatic carbocycles. The van der Waals surface area contributed by atoms with Gasteiger partial charge in [0.1, 0.15) is 5.69 Å². The third-order valence-electron chi connectivity index (χ3n) is 3.97. The molecule has 5 heteroatoms. The summed E-state index contributed by atoms with van der Waals surface area (Å²) in [5.41, 5.74) is 1.08. The van der Waals surface area contributed by atoms with Crippen LogP contribution in [0.2, 0.25) is 0 Å². The van der Waals surface area contributed by atoms with Crippen LogP contribution in [0, 0.1) is 0 Å². The molecule has 5 nitrogen and oxygen atoms in total. The van der Waals surface area contributed by atoms with Crippen LogP contribution in [0.1, 0.15) is 29.8 Å². The van der Waals surface area contributed by atoms with Crippen LogP contribution in [0.15, 0.2) is 36.4 Å². The predicted octanol–water partition coefficient (Wildman–Crippen LogP) is 1.24. The first-order chi connectivity index (χ1) is 10.1. The number of rotatable bonds is 2. The number of pyridine rings is 1. The van der Waals surface area contributed by atoms with Crippen LogP contribution in [0.4, 0.5) is 0 Å². The van der Waals surface area contributed by atoms with Gasteiger partial charge in [-0.1, -0.05) is 24.3 Å². The normalized spacial score (nSPS) is 25.7. The molecule has 0 spiro atoms. The molecule has 0 aliphatic heterocycles. The van der Waals surface area contributed by atoms with Crippen LogP contribution >= 0.6 is 0 Å². The number of nitrogens with one attached hydrogen (secondary N) is 1. The number of aliphatic hydroxyl groups excluding tert-OH is 2. The van der Waals surface area contributed by atoms with Gasteiger partial charge in [0.05, 0.1) is 23.8 Å². The molecule has 1 aromatic heterocycles. The molecule has 1 amide bonds. The van der Waals surface area contributed by atoms with Gasteiger partial charge in [-0.2, -0.15) is 0 Å². The van der Waals surface area contributed by atoms with Crippen molar-refractivity contribution in [2.45, 2.75) is 37.5 Å². The van der Waals surface area contributed by atoms with E-state index in [0.29, 0.717) is 18.5 Å². The van der Waals surface area contributed by atoms with Crippen molar-refractivity contribution in [2.24, 2.45) is 0 Å².